The predicted octanol–water partition coefficient (Wildman–Crippen LogP) is 2.51. The fraction of sp³-hybridized carbons (Fsp3) is 0.500. The van der Waals surface area contributed by atoms with Crippen LogP contribution < -0.4 is 5.32 Å². The van der Waals surface area contributed by atoms with Gasteiger partial charge in [-0.05, 0) is 37.6 Å². The van der Waals surface area contributed by atoms with E-state index in [4.69, 9.17) is 0 Å². The highest BCUT2D eigenvalue weighted by atomic mass is 32.2. The first-order valence-corrected chi connectivity index (χ1v) is 8.86. The summed E-state index contributed by atoms with van der Waals surface area (Å²) in [6.07, 6.45) is 5.03. The Bertz CT molecular complexity index is 592. The number of aromatic nitrogens is 3. The molecular formula is C14H18N4OS2. The molecule has 1 atom stereocenters. The van der Waals surface area contributed by atoms with Crippen LogP contribution in [0.15, 0.2) is 29.0 Å². The standard InChI is InChI=1S/C14H18N4OS2/c1-10(13(19)15-7-6-12-3-2-8-20-12)21-14-17-16-9-18(14)11-4-5-11/h2-3,8-11H,4-7H2,1H3,(H,15,19). The van der Waals surface area contributed by atoms with Gasteiger partial charge >= 0.3 is 0 Å². The van der Waals surface area contributed by atoms with E-state index in [2.05, 4.69) is 31.5 Å². The Balaban J connectivity index is 1.46. The summed E-state index contributed by atoms with van der Waals surface area (Å²) in [5.41, 5.74) is 0. The number of nitrogens with one attached hydrogen (secondary N) is 1. The monoisotopic (exact) mass is 322 g/mol. The molecule has 0 aliphatic heterocycles. The molecule has 3 rings (SSSR count). The molecule has 1 N–H and O–H groups in total. The van der Waals surface area contributed by atoms with Crippen molar-refractivity contribution in [2.45, 2.75) is 42.6 Å². The number of thioether (sulfide) groups is 1. The summed E-state index contributed by atoms with van der Waals surface area (Å²) in [7, 11) is 0. The van der Waals surface area contributed by atoms with Crippen molar-refractivity contribution in [1.82, 2.24) is 20.1 Å². The fourth-order valence-electron chi connectivity index (χ4n) is 2.04. The summed E-state index contributed by atoms with van der Waals surface area (Å²) in [4.78, 5) is 13.4. The van der Waals surface area contributed by atoms with E-state index >= 15 is 0 Å². The van der Waals surface area contributed by atoms with E-state index in [1.165, 1.54) is 29.5 Å². The third-order valence-electron chi connectivity index (χ3n) is 3.38. The second kappa shape index (κ2) is 6.62. The van der Waals surface area contributed by atoms with Crippen molar-refractivity contribution in [2.24, 2.45) is 0 Å². The lowest BCUT2D eigenvalue weighted by atomic mass is 10.3. The van der Waals surface area contributed by atoms with Crippen molar-refractivity contribution in [1.29, 1.82) is 0 Å². The molecule has 1 unspecified atom stereocenters. The molecule has 2 aromatic rings. The van der Waals surface area contributed by atoms with Crippen molar-refractivity contribution in [3.63, 3.8) is 0 Å². The van der Waals surface area contributed by atoms with Gasteiger partial charge in [0.05, 0.1) is 5.25 Å². The molecule has 1 fully saturated rings. The minimum absolute atomic E-state index is 0.0573. The predicted molar refractivity (Wildman–Crippen MR) is 84.6 cm³/mol. The maximum atomic E-state index is 12.1. The van der Waals surface area contributed by atoms with Gasteiger partial charge in [0.25, 0.3) is 0 Å². The first-order chi connectivity index (χ1) is 10.2. The maximum Gasteiger partial charge on any atom is 0.233 e. The van der Waals surface area contributed by atoms with Gasteiger partial charge in [0.15, 0.2) is 5.16 Å². The summed E-state index contributed by atoms with van der Waals surface area (Å²) in [6.45, 7) is 2.59. The third-order valence-corrected chi connectivity index (χ3v) is 5.39. The molecule has 1 aliphatic rings. The van der Waals surface area contributed by atoms with Crippen LogP contribution in [0.4, 0.5) is 0 Å². The molecule has 2 heterocycles. The average Bonchev–Trinajstić information content (AvgIpc) is 2.99. The van der Waals surface area contributed by atoms with Crippen molar-refractivity contribution in [3.05, 3.63) is 28.7 Å². The van der Waals surface area contributed by atoms with Crippen molar-refractivity contribution in [2.75, 3.05) is 6.54 Å². The van der Waals surface area contributed by atoms with Crippen LogP contribution in [0, 0.1) is 0 Å². The van der Waals surface area contributed by atoms with E-state index in [0.717, 1.165) is 11.6 Å². The summed E-state index contributed by atoms with van der Waals surface area (Å²) in [5, 5.41) is 13.8. The second-order valence-electron chi connectivity index (χ2n) is 5.13. The number of carbonyl (C=O) groups excluding carboxylic acids is 1. The molecule has 1 saturated carbocycles. The van der Waals surface area contributed by atoms with E-state index in [1.807, 2.05) is 13.0 Å². The number of nitrogens with zero attached hydrogens (tertiary/aromatic N) is 3. The van der Waals surface area contributed by atoms with Gasteiger partial charge in [-0.2, -0.15) is 0 Å². The van der Waals surface area contributed by atoms with Crippen LogP contribution in [0.25, 0.3) is 0 Å². The quantitative estimate of drug-likeness (QED) is 0.796. The Labute approximate surface area is 132 Å². The Morgan fingerprint density at radius 3 is 3.19 bits per heavy atom. The molecule has 5 nitrogen and oxygen atoms in total. The van der Waals surface area contributed by atoms with Gasteiger partial charge in [0.2, 0.25) is 5.91 Å². The Kier molecular flexibility index (Phi) is 4.60. The summed E-state index contributed by atoms with van der Waals surface area (Å²) < 4.78 is 2.08. The summed E-state index contributed by atoms with van der Waals surface area (Å²) in [5.74, 6) is 0.0573. The largest absolute Gasteiger partial charge is 0.355 e. The SMILES string of the molecule is CC(Sc1nncn1C1CC1)C(=O)NCCc1cccs1. The zero-order valence-electron chi connectivity index (χ0n) is 11.9. The van der Waals surface area contributed by atoms with E-state index in [-0.39, 0.29) is 11.2 Å². The lowest BCUT2D eigenvalue weighted by Gasteiger charge is -2.11. The van der Waals surface area contributed by atoms with E-state index in [9.17, 15) is 4.79 Å². The number of thiophene rings is 1. The third kappa shape index (κ3) is 3.85. The molecule has 0 radical (unpaired) electrons. The molecule has 0 bridgehead atoms. The van der Waals surface area contributed by atoms with E-state index in [1.54, 1.807) is 17.7 Å². The number of rotatable bonds is 7. The lowest BCUT2D eigenvalue weighted by molar-refractivity contribution is -0.120. The molecule has 21 heavy (non-hydrogen) atoms. The second-order valence-corrected chi connectivity index (χ2v) is 7.47. The number of carbonyl (C=O) groups is 1. The molecule has 112 valence electrons. The van der Waals surface area contributed by atoms with Crippen molar-refractivity contribution >= 4 is 29.0 Å². The number of hydrogen-bond acceptors (Lipinski definition) is 5. The zero-order chi connectivity index (χ0) is 14.7. The minimum Gasteiger partial charge on any atom is -0.355 e. The van der Waals surface area contributed by atoms with Crippen molar-refractivity contribution < 1.29 is 4.79 Å². The smallest absolute Gasteiger partial charge is 0.233 e. The molecule has 1 amide bonds. The Morgan fingerprint density at radius 2 is 2.48 bits per heavy atom. The van der Waals surface area contributed by atoms with Crippen LogP contribution in [0.3, 0.4) is 0 Å². The van der Waals surface area contributed by atoms with Crippen LogP contribution in [0.2, 0.25) is 0 Å². The zero-order valence-corrected chi connectivity index (χ0v) is 13.5. The van der Waals surface area contributed by atoms with Gasteiger partial charge in [-0.3, -0.25) is 4.79 Å². The van der Waals surface area contributed by atoms with Crippen LogP contribution in [-0.2, 0) is 11.2 Å². The van der Waals surface area contributed by atoms with Crippen molar-refractivity contribution in [3.8, 4) is 0 Å². The molecular weight excluding hydrogens is 304 g/mol. The highest BCUT2D eigenvalue weighted by Gasteiger charge is 2.27. The molecule has 0 aromatic carbocycles. The van der Waals surface area contributed by atoms with E-state index in [0.29, 0.717) is 12.6 Å². The molecule has 1 aliphatic carbocycles. The van der Waals surface area contributed by atoms with Crippen LogP contribution in [-0.4, -0.2) is 32.5 Å². The van der Waals surface area contributed by atoms with Crippen LogP contribution in [0.1, 0.15) is 30.7 Å². The van der Waals surface area contributed by atoms with Gasteiger partial charge < -0.3 is 9.88 Å². The number of amides is 1. The Hall–Kier alpha value is -1.34. The first-order valence-electron chi connectivity index (χ1n) is 7.10. The highest BCUT2D eigenvalue weighted by Crippen LogP contribution is 2.37. The van der Waals surface area contributed by atoms with Gasteiger partial charge in [-0.1, -0.05) is 17.8 Å². The van der Waals surface area contributed by atoms with Gasteiger partial charge in [0, 0.05) is 17.5 Å². The minimum atomic E-state index is -0.157. The molecule has 2 aromatic heterocycles. The van der Waals surface area contributed by atoms with E-state index < -0.39 is 0 Å². The highest BCUT2D eigenvalue weighted by molar-refractivity contribution is 8.00. The average molecular weight is 322 g/mol. The Morgan fingerprint density at radius 1 is 1.62 bits per heavy atom. The number of hydrogen-bond donors (Lipinski definition) is 1. The fourth-order valence-corrected chi connectivity index (χ4v) is 3.67. The van der Waals surface area contributed by atoms with Crippen LogP contribution >= 0.6 is 23.1 Å². The first kappa shape index (κ1) is 14.6. The lowest BCUT2D eigenvalue weighted by Crippen LogP contribution is -2.32. The summed E-state index contributed by atoms with van der Waals surface area (Å²) in [6, 6.07) is 4.66. The molecule has 0 spiro atoms. The van der Waals surface area contributed by atoms with Gasteiger partial charge in [0.1, 0.15) is 6.33 Å². The maximum absolute atomic E-state index is 12.1. The van der Waals surface area contributed by atoms with Gasteiger partial charge in [-0.25, -0.2) is 0 Å². The summed E-state index contributed by atoms with van der Waals surface area (Å²) >= 11 is 3.20. The molecule has 7 heteroatoms. The van der Waals surface area contributed by atoms with Gasteiger partial charge in [-0.15, -0.1) is 21.5 Å². The normalized spacial score (nSPS) is 15.9. The molecule has 0 saturated heterocycles. The topological polar surface area (TPSA) is 59.8 Å². The van der Waals surface area contributed by atoms with Crippen LogP contribution in [0.5, 0.6) is 0 Å².